The van der Waals surface area contributed by atoms with Gasteiger partial charge < -0.3 is 14.4 Å². The average Bonchev–Trinajstić information content (AvgIpc) is 2.61. The van der Waals surface area contributed by atoms with Crippen LogP contribution < -0.4 is 0 Å². The number of rotatable bonds is 2. The fourth-order valence-electron chi connectivity index (χ4n) is 6.58. The first-order chi connectivity index (χ1) is 12.2. The van der Waals surface area contributed by atoms with Crippen molar-refractivity contribution in [1.29, 1.82) is 0 Å². The quantitative estimate of drug-likeness (QED) is 0.769. The molecule has 5 nitrogen and oxygen atoms in total. The normalized spacial score (nSPS) is 40.8. The second-order valence-corrected chi connectivity index (χ2v) is 8.83. The van der Waals surface area contributed by atoms with Crippen molar-refractivity contribution in [3.05, 3.63) is 11.5 Å². The minimum absolute atomic E-state index is 0.0157. The maximum Gasteiger partial charge on any atom is 0.292 e. The van der Waals surface area contributed by atoms with E-state index in [9.17, 15) is 4.79 Å². The third-order valence-corrected chi connectivity index (χ3v) is 7.36. The standard InChI is InChI=1S/C20H30N2O3/c1-13-19(25-7-6-24-13)20(23)22-4-2-21(3-5-22)18-16-9-14-8-15(11-16)12-17(18)10-14/h14-18H,2-12H2,1H3. The Bertz CT molecular complexity index is 551. The summed E-state index contributed by atoms with van der Waals surface area (Å²) in [5, 5.41) is 0. The molecule has 4 saturated carbocycles. The Kier molecular flexibility index (Phi) is 3.95. The first-order valence-electron chi connectivity index (χ1n) is 10.2. The van der Waals surface area contributed by atoms with E-state index in [0.717, 1.165) is 55.9 Å². The Morgan fingerprint density at radius 3 is 2.08 bits per heavy atom. The lowest BCUT2D eigenvalue weighted by Gasteiger charge is -2.58. The van der Waals surface area contributed by atoms with Crippen LogP contribution in [0.2, 0.25) is 0 Å². The second-order valence-electron chi connectivity index (χ2n) is 8.83. The van der Waals surface area contributed by atoms with Crippen molar-refractivity contribution in [2.24, 2.45) is 23.7 Å². The first-order valence-corrected chi connectivity index (χ1v) is 10.2. The lowest BCUT2D eigenvalue weighted by molar-refractivity contribution is -0.136. The molecule has 0 unspecified atom stereocenters. The van der Waals surface area contributed by atoms with Crippen LogP contribution in [0.25, 0.3) is 0 Å². The van der Waals surface area contributed by atoms with Gasteiger partial charge in [-0.1, -0.05) is 0 Å². The molecule has 0 N–H and O–H groups in total. The summed E-state index contributed by atoms with van der Waals surface area (Å²) in [7, 11) is 0. The van der Waals surface area contributed by atoms with E-state index in [2.05, 4.69) is 4.90 Å². The molecule has 1 saturated heterocycles. The number of amides is 1. The smallest absolute Gasteiger partial charge is 0.292 e. The van der Waals surface area contributed by atoms with Gasteiger partial charge in [-0.15, -0.1) is 0 Å². The number of nitrogens with zero attached hydrogens (tertiary/aromatic N) is 2. The van der Waals surface area contributed by atoms with Crippen LogP contribution in [0.3, 0.4) is 0 Å². The number of piperazine rings is 1. The molecule has 4 bridgehead atoms. The molecule has 25 heavy (non-hydrogen) atoms. The second kappa shape index (κ2) is 6.19. The summed E-state index contributed by atoms with van der Waals surface area (Å²) in [5.74, 6) is 4.99. The summed E-state index contributed by atoms with van der Waals surface area (Å²) >= 11 is 0. The Balaban J connectivity index is 1.22. The Hall–Kier alpha value is -1.23. The van der Waals surface area contributed by atoms with Gasteiger partial charge in [-0.3, -0.25) is 9.69 Å². The number of carbonyl (C=O) groups excluding carboxylic acids is 1. The zero-order valence-electron chi connectivity index (χ0n) is 15.3. The van der Waals surface area contributed by atoms with Crippen LogP contribution in [0.1, 0.15) is 39.0 Å². The summed E-state index contributed by atoms with van der Waals surface area (Å²) in [5.41, 5.74) is 0. The number of carbonyl (C=O) groups is 1. The third kappa shape index (κ3) is 2.75. The van der Waals surface area contributed by atoms with Crippen molar-refractivity contribution < 1.29 is 14.3 Å². The number of allylic oxidation sites excluding steroid dienone is 1. The summed E-state index contributed by atoms with van der Waals surface area (Å²) < 4.78 is 11.1. The highest BCUT2D eigenvalue weighted by molar-refractivity contribution is 5.92. The van der Waals surface area contributed by atoms with Gasteiger partial charge in [-0.05, 0) is 62.7 Å². The summed E-state index contributed by atoms with van der Waals surface area (Å²) in [6.45, 7) is 6.54. The fourth-order valence-corrected chi connectivity index (χ4v) is 6.58. The van der Waals surface area contributed by atoms with Gasteiger partial charge in [0.15, 0.2) is 0 Å². The molecule has 2 heterocycles. The predicted octanol–water partition coefficient (Wildman–Crippen LogP) is 2.23. The van der Waals surface area contributed by atoms with E-state index in [1.807, 2.05) is 11.8 Å². The van der Waals surface area contributed by atoms with E-state index in [-0.39, 0.29) is 5.91 Å². The van der Waals surface area contributed by atoms with Gasteiger partial charge in [0.1, 0.15) is 19.0 Å². The minimum Gasteiger partial charge on any atom is -0.491 e. The molecular formula is C20H30N2O3. The number of ether oxygens (including phenoxy) is 2. The van der Waals surface area contributed by atoms with Crippen molar-refractivity contribution in [3.8, 4) is 0 Å². The van der Waals surface area contributed by atoms with Gasteiger partial charge in [0.2, 0.25) is 5.76 Å². The van der Waals surface area contributed by atoms with Gasteiger partial charge in [0.25, 0.3) is 5.91 Å². The summed E-state index contributed by atoms with van der Waals surface area (Å²) in [6.07, 6.45) is 7.38. The molecule has 6 rings (SSSR count). The van der Waals surface area contributed by atoms with E-state index in [1.165, 1.54) is 32.1 Å². The molecule has 0 spiro atoms. The van der Waals surface area contributed by atoms with Gasteiger partial charge in [0, 0.05) is 32.2 Å². The number of hydrogen-bond acceptors (Lipinski definition) is 4. The van der Waals surface area contributed by atoms with Crippen LogP contribution in [-0.2, 0) is 14.3 Å². The summed E-state index contributed by atoms with van der Waals surface area (Å²) in [6, 6.07) is 0.792. The Morgan fingerprint density at radius 2 is 1.48 bits per heavy atom. The largest absolute Gasteiger partial charge is 0.491 e. The van der Waals surface area contributed by atoms with Crippen LogP contribution in [0, 0.1) is 23.7 Å². The molecule has 0 aromatic rings. The molecular weight excluding hydrogens is 316 g/mol. The van der Waals surface area contributed by atoms with Crippen molar-refractivity contribution in [2.45, 2.75) is 45.1 Å². The molecule has 0 aromatic heterocycles. The highest BCUT2D eigenvalue weighted by Crippen LogP contribution is 2.55. The van der Waals surface area contributed by atoms with Crippen LogP contribution >= 0.6 is 0 Å². The van der Waals surface area contributed by atoms with Gasteiger partial charge >= 0.3 is 0 Å². The lowest BCUT2D eigenvalue weighted by atomic mass is 9.54. The zero-order chi connectivity index (χ0) is 17.0. The molecule has 4 aliphatic carbocycles. The number of hydrogen-bond donors (Lipinski definition) is 0. The summed E-state index contributed by atoms with van der Waals surface area (Å²) in [4.78, 5) is 17.4. The highest BCUT2D eigenvalue weighted by Gasteiger charge is 2.50. The first kappa shape index (κ1) is 16.0. The molecule has 6 aliphatic rings. The Morgan fingerprint density at radius 1 is 0.880 bits per heavy atom. The predicted molar refractivity (Wildman–Crippen MR) is 93.6 cm³/mol. The van der Waals surface area contributed by atoms with Gasteiger partial charge in [0.05, 0.1) is 0 Å². The SMILES string of the molecule is CC1=C(C(=O)N2CCN(C3C4CC5CC(C4)CC3C5)CC2)OCCO1. The fraction of sp³-hybridized carbons (Fsp3) is 0.850. The molecule has 138 valence electrons. The van der Waals surface area contributed by atoms with E-state index in [0.29, 0.717) is 24.7 Å². The maximum absolute atomic E-state index is 12.7. The Labute approximate surface area is 150 Å². The molecule has 5 fully saturated rings. The van der Waals surface area contributed by atoms with Gasteiger partial charge in [-0.2, -0.15) is 0 Å². The lowest BCUT2D eigenvalue weighted by Crippen LogP contribution is -2.60. The van der Waals surface area contributed by atoms with Crippen molar-refractivity contribution in [3.63, 3.8) is 0 Å². The maximum atomic E-state index is 12.7. The van der Waals surface area contributed by atoms with Gasteiger partial charge in [-0.25, -0.2) is 0 Å². The highest BCUT2D eigenvalue weighted by atomic mass is 16.6. The van der Waals surface area contributed by atoms with E-state index in [1.54, 1.807) is 0 Å². The third-order valence-electron chi connectivity index (χ3n) is 7.36. The van der Waals surface area contributed by atoms with Crippen LogP contribution in [0.5, 0.6) is 0 Å². The zero-order valence-corrected chi connectivity index (χ0v) is 15.3. The average molecular weight is 346 g/mol. The van der Waals surface area contributed by atoms with Crippen LogP contribution in [-0.4, -0.2) is 61.1 Å². The molecule has 2 aliphatic heterocycles. The van der Waals surface area contributed by atoms with Crippen molar-refractivity contribution in [2.75, 3.05) is 39.4 Å². The molecule has 0 atom stereocenters. The topological polar surface area (TPSA) is 42.0 Å². The molecule has 0 aromatic carbocycles. The van der Waals surface area contributed by atoms with Crippen LogP contribution in [0.15, 0.2) is 11.5 Å². The van der Waals surface area contributed by atoms with E-state index < -0.39 is 0 Å². The van der Waals surface area contributed by atoms with Crippen molar-refractivity contribution in [1.82, 2.24) is 9.80 Å². The molecule has 5 heteroatoms. The van der Waals surface area contributed by atoms with Crippen molar-refractivity contribution >= 4 is 5.91 Å². The van der Waals surface area contributed by atoms with Crippen LogP contribution in [0.4, 0.5) is 0 Å². The molecule has 0 radical (unpaired) electrons. The van der Waals surface area contributed by atoms with E-state index >= 15 is 0 Å². The minimum atomic E-state index is 0.0157. The molecule has 1 amide bonds. The monoisotopic (exact) mass is 346 g/mol. The van der Waals surface area contributed by atoms with E-state index in [4.69, 9.17) is 9.47 Å².